The number of halogens is 1. The Morgan fingerprint density at radius 3 is 2.50 bits per heavy atom. The molecule has 0 aliphatic heterocycles. The first-order valence-electron chi connectivity index (χ1n) is 7.53. The van der Waals surface area contributed by atoms with Crippen molar-refractivity contribution >= 4 is 17.3 Å². The van der Waals surface area contributed by atoms with E-state index in [0.29, 0.717) is 12.3 Å². The Balaban J connectivity index is 1.93. The molecule has 2 rings (SSSR count). The summed E-state index contributed by atoms with van der Waals surface area (Å²) in [4.78, 5) is 10.7. The summed E-state index contributed by atoms with van der Waals surface area (Å²) in [7, 11) is 0. The first-order chi connectivity index (χ1) is 9.66. The number of para-hydroxylation sites is 1. The minimum Gasteiger partial charge on any atom is -0.258 e. The normalized spacial score (nSPS) is 18.4. The van der Waals surface area contributed by atoms with Gasteiger partial charge in [-0.25, -0.2) is 0 Å². The van der Waals surface area contributed by atoms with Gasteiger partial charge in [0.05, 0.1) is 4.92 Å². The molecule has 1 aromatic rings. The van der Waals surface area contributed by atoms with E-state index in [1.54, 1.807) is 12.1 Å². The molecule has 1 aliphatic carbocycles. The third kappa shape index (κ3) is 4.48. The fraction of sp³-hybridized carbons (Fsp3) is 0.625. The molecule has 1 aromatic carbocycles. The average molecular weight is 296 g/mol. The zero-order valence-corrected chi connectivity index (χ0v) is 12.5. The van der Waals surface area contributed by atoms with Crippen LogP contribution in [0.25, 0.3) is 0 Å². The van der Waals surface area contributed by atoms with Crippen molar-refractivity contribution in [2.45, 2.75) is 56.7 Å². The van der Waals surface area contributed by atoms with E-state index in [0.717, 1.165) is 12.0 Å². The summed E-state index contributed by atoms with van der Waals surface area (Å²) in [6.45, 7) is 0. The molecule has 3 nitrogen and oxygen atoms in total. The third-order valence-electron chi connectivity index (χ3n) is 4.19. The molecular weight excluding hydrogens is 274 g/mol. The van der Waals surface area contributed by atoms with Crippen molar-refractivity contribution in [3.05, 3.63) is 39.9 Å². The number of nitrogens with zero attached hydrogens (tertiary/aromatic N) is 1. The first kappa shape index (κ1) is 15.3. The molecule has 0 amide bonds. The lowest BCUT2D eigenvalue weighted by atomic mass is 9.92. The molecule has 0 saturated heterocycles. The molecule has 4 heteroatoms. The second-order valence-electron chi connectivity index (χ2n) is 5.78. The standard InChI is InChI=1S/C16H22ClNO2/c17-15(11-13-7-3-1-2-4-8-13)12-14-9-5-6-10-16(14)18(19)20/h5-6,9-10,13,15H,1-4,7-8,11-12H2. The lowest BCUT2D eigenvalue weighted by molar-refractivity contribution is -0.385. The largest absolute Gasteiger partial charge is 0.272 e. The summed E-state index contributed by atoms with van der Waals surface area (Å²) >= 11 is 6.46. The Labute approximate surface area is 125 Å². The zero-order chi connectivity index (χ0) is 14.4. The van der Waals surface area contributed by atoms with Gasteiger partial charge in [-0.2, -0.15) is 0 Å². The van der Waals surface area contributed by atoms with Gasteiger partial charge in [0.15, 0.2) is 0 Å². The van der Waals surface area contributed by atoms with Crippen molar-refractivity contribution in [2.75, 3.05) is 0 Å². The number of rotatable bonds is 5. The van der Waals surface area contributed by atoms with Gasteiger partial charge in [0.1, 0.15) is 0 Å². The molecule has 1 atom stereocenters. The summed E-state index contributed by atoms with van der Waals surface area (Å²) < 4.78 is 0. The zero-order valence-electron chi connectivity index (χ0n) is 11.8. The van der Waals surface area contributed by atoms with Crippen molar-refractivity contribution in [3.63, 3.8) is 0 Å². The van der Waals surface area contributed by atoms with Crippen LogP contribution < -0.4 is 0 Å². The molecule has 0 spiro atoms. The molecule has 1 fully saturated rings. The summed E-state index contributed by atoms with van der Waals surface area (Å²) in [6, 6.07) is 6.93. The highest BCUT2D eigenvalue weighted by Gasteiger charge is 2.20. The Bertz CT molecular complexity index is 442. The average Bonchev–Trinajstić information content (AvgIpc) is 2.67. The highest BCUT2D eigenvalue weighted by molar-refractivity contribution is 6.20. The van der Waals surface area contributed by atoms with Crippen molar-refractivity contribution < 1.29 is 4.92 Å². The van der Waals surface area contributed by atoms with Crippen LogP contribution in [-0.4, -0.2) is 10.3 Å². The van der Waals surface area contributed by atoms with Gasteiger partial charge >= 0.3 is 0 Å². The van der Waals surface area contributed by atoms with E-state index in [1.807, 2.05) is 12.1 Å². The molecular formula is C16H22ClNO2. The predicted molar refractivity (Wildman–Crippen MR) is 82.3 cm³/mol. The summed E-state index contributed by atoms with van der Waals surface area (Å²) in [5.41, 5.74) is 0.949. The summed E-state index contributed by atoms with van der Waals surface area (Å²) in [5.74, 6) is 0.697. The Morgan fingerprint density at radius 1 is 1.20 bits per heavy atom. The van der Waals surface area contributed by atoms with Gasteiger partial charge < -0.3 is 0 Å². The van der Waals surface area contributed by atoms with E-state index in [-0.39, 0.29) is 16.0 Å². The van der Waals surface area contributed by atoms with Crippen LogP contribution >= 0.6 is 11.6 Å². The number of alkyl halides is 1. The second kappa shape index (κ2) is 7.63. The number of nitro groups is 1. The molecule has 0 bridgehead atoms. The van der Waals surface area contributed by atoms with Gasteiger partial charge in [0.2, 0.25) is 0 Å². The number of nitro benzene ring substituents is 1. The minimum absolute atomic E-state index is 0.000741. The molecule has 0 heterocycles. The number of hydrogen-bond donors (Lipinski definition) is 0. The van der Waals surface area contributed by atoms with Crippen molar-refractivity contribution in [1.29, 1.82) is 0 Å². The van der Waals surface area contributed by atoms with Crippen LogP contribution in [0.1, 0.15) is 50.5 Å². The van der Waals surface area contributed by atoms with Crippen LogP contribution in [0.3, 0.4) is 0 Å². The molecule has 0 radical (unpaired) electrons. The van der Waals surface area contributed by atoms with Gasteiger partial charge in [0, 0.05) is 17.0 Å². The third-order valence-corrected chi connectivity index (χ3v) is 4.53. The maximum atomic E-state index is 11.0. The van der Waals surface area contributed by atoms with E-state index >= 15 is 0 Å². The molecule has 110 valence electrons. The lowest BCUT2D eigenvalue weighted by Gasteiger charge is -2.17. The van der Waals surface area contributed by atoms with Crippen molar-refractivity contribution in [3.8, 4) is 0 Å². The molecule has 1 saturated carbocycles. The second-order valence-corrected chi connectivity index (χ2v) is 6.40. The molecule has 0 aromatic heterocycles. The Kier molecular flexibility index (Phi) is 5.84. The molecule has 0 N–H and O–H groups in total. The summed E-state index contributed by atoms with van der Waals surface area (Å²) in [6.07, 6.45) is 9.39. The van der Waals surface area contributed by atoms with Crippen LogP contribution in [0, 0.1) is 16.0 Å². The quantitative estimate of drug-likeness (QED) is 0.328. The van der Waals surface area contributed by atoms with Crippen molar-refractivity contribution in [2.24, 2.45) is 5.92 Å². The van der Waals surface area contributed by atoms with Gasteiger partial charge in [-0.3, -0.25) is 10.1 Å². The smallest absolute Gasteiger partial charge is 0.258 e. The molecule has 1 unspecified atom stereocenters. The maximum Gasteiger partial charge on any atom is 0.272 e. The topological polar surface area (TPSA) is 43.1 Å². The van der Waals surface area contributed by atoms with Crippen LogP contribution in [0.4, 0.5) is 5.69 Å². The van der Waals surface area contributed by atoms with E-state index in [9.17, 15) is 10.1 Å². The minimum atomic E-state index is -0.315. The Hall–Kier alpha value is -1.09. The van der Waals surface area contributed by atoms with Gasteiger partial charge in [-0.15, -0.1) is 11.6 Å². The van der Waals surface area contributed by atoms with E-state index in [2.05, 4.69) is 0 Å². The highest BCUT2D eigenvalue weighted by atomic mass is 35.5. The van der Waals surface area contributed by atoms with Crippen LogP contribution in [0.5, 0.6) is 0 Å². The monoisotopic (exact) mass is 295 g/mol. The van der Waals surface area contributed by atoms with Gasteiger partial charge in [-0.05, 0) is 18.8 Å². The number of hydrogen-bond acceptors (Lipinski definition) is 2. The maximum absolute atomic E-state index is 11.0. The van der Waals surface area contributed by atoms with Crippen LogP contribution in [-0.2, 0) is 6.42 Å². The van der Waals surface area contributed by atoms with Gasteiger partial charge in [-0.1, -0.05) is 56.7 Å². The van der Waals surface area contributed by atoms with Crippen molar-refractivity contribution in [1.82, 2.24) is 0 Å². The fourth-order valence-electron chi connectivity index (χ4n) is 3.14. The predicted octanol–water partition coefficient (Wildman–Crippen LogP) is 5.11. The first-order valence-corrected chi connectivity index (χ1v) is 7.97. The molecule has 20 heavy (non-hydrogen) atoms. The number of benzene rings is 1. The summed E-state index contributed by atoms with van der Waals surface area (Å²) in [5, 5.41) is 11.0. The van der Waals surface area contributed by atoms with Crippen LogP contribution in [0.2, 0.25) is 0 Å². The van der Waals surface area contributed by atoms with E-state index in [4.69, 9.17) is 11.6 Å². The molecule has 1 aliphatic rings. The van der Waals surface area contributed by atoms with Gasteiger partial charge in [0.25, 0.3) is 5.69 Å². The van der Waals surface area contributed by atoms with E-state index in [1.165, 1.54) is 38.5 Å². The van der Waals surface area contributed by atoms with E-state index < -0.39 is 0 Å². The Morgan fingerprint density at radius 2 is 1.85 bits per heavy atom. The fourth-order valence-corrected chi connectivity index (χ4v) is 3.56. The SMILES string of the molecule is O=[N+]([O-])c1ccccc1CC(Cl)CC1CCCCCC1. The van der Waals surface area contributed by atoms with Crippen LogP contribution in [0.15, 0.2) is 24.3 Å². The highest BCUT2D eigenvalue weighted by Crippen LogP contribution is 2.30. The lowest BCUT2D eigenvalue weighted by Crippen LogP contribution is -2.12.